The van der Waals surface area contributed by atoms with Crippen molar-refractivity contribution in [3.8, 4) is 0 Å². The van der Waals surface area contributed by atoms with Crippen molar-refractivity contribution in [2.24, 2.45) is 23.5 Å². The number of hydrogen-bond acceptors (Lipinski definition) is 6. The number of alkyl carbamates (subject to hydrolysis) is 1. The van der Waals surface area contributed by atoms with E-state index in [0.717, 1.165) is 19.3 Å². The molecule has 2 aliphatic rings. The van der Waals surface area contributed by atoms with Gasteiger partial charge in [-0.15, -0.1) is 0 Å². The van der Waals surface area contributed by atoms with Crippen molar-refractivity contribution in [1.82, 2.24) is 15.5 Å². The first kappa shape index (κ1) is 32.4. The van der Waals surface area contributed by atoms with Gasteiger partial charge >= 0.3 is 12.3 Å². The van der Waals surface area contributed by atoms with E-state index in [1.54, 1.807) is 20.8 Å². The fourth-order valence-corrected chi connectivity index (χ4v) is 5.43. The van der Waals surface area contributed by atoms with Crippen molar-refractivity contribution in [2.45, 2.75) is 109 Å². The molecule has 1 aliphatic carbocycles. The van der Waals surface area contributed by atoms with E-state index in [1.807, 2.05) is 19.2 Å². The highest BCUT2D eigenvalue weighted by Crippen LogP contribution is 2.34. The second kappa shape index (κ2) is 13.0. The number of halogens is 3. The third-order valence-electron chi connectivity index (χ3n) is 7.22. The lowest BCUT2D eigenvalue weighted by molar-refractivity contribution is -0.154. The predicted octanol–water partition coefficient (Wildman–Crippen LogP) is 2.82. The summed E-state index contributed by atoms with van der Waals surface area (Å²) in [6, 6.07) is -4.42. The number of carbonyl (C=O) groups is 5. The van der Waals surface area contributed by atoms with Gasteiger partial charge in [0.15, 0.2) is 0 Å². The number of alkyl halides is 3. The quantitative estimate of drug-likeness (QED) is 0.368. The van der Waals surface area contributed by atoms with Crippen molar-refractivity contribution in [3.05, 3.63) is 0 Å². The lowest BCUT2D eigenvalue weighted by atomic mass is 9.83. The molecule has 0 bridgehead atoms. The molecule has 1 saturated carbocycles. The van der Waals surface area contributed by atoms with Gasteiger partial charge in [0.1, 0.15) is 23.7 Å². The highest BCUT2D eigenvalue weighted by atomic mass is 19.4. The molecule has 222 valence electrons. The van der Waals surface area contributed by atoms with E-state index in [2.05, 4.69) is 5.32 Å². The number of nitrogens with one attached hydrogen (secondary N) is 2. The maximum absolute atomic E-state index is 13.9. The molecular weight excluding hydrogens is 521 g/mol. The van der Waals surface area contributed by atoms with Gasteiger partial charge in [-0.3, -0.25) is 19.2 Å². The van der Waals surface area contributed by atoms with Crippen molar-refractivity contribution < 1.29 is 41.9 Å². The molecule has 0 aromatic rings. The van der Waals surface area contributed by atoms with Crippen LogP contribution in [0.2, 0.25) is 0 Å². The van der Waals surface area contributed by atoms with E-state index in [1.165, 1.54) is 4.90 Å². The minimum absolute atomic E-state index is 0.132. The first-order valence-corrected chi connectivity index (χ1v) is 13.4. The first-order chi connectivity index (χ1) is 17.9. The molecule has 4 atom stereocenters. The van der Waals surface area contributed by atoms with Crippen LogP contribution < -0.4 is 16.4 Å². The molecular formula is C26H41F3N4O6. The van der Waals surface area contributed by atoms with E-state index in [0.29, 0.717) is 19.3 Å². The molecule has 4 amide bonds. The Kier molecular flexibility index (Phi) is 10.8. The van der Waals surface area contributed by atoms with Gasteiger partial charge in [0, 0.05) is 6.54 Å². The van der Waals surface area contributed by atoms with Crippen LogP contribution in [0.1, 0.15) is 79.6 Å². The smallest absolute Gasteiger partial charge is 0.408 e. The average Bonchev–Trinajstić information content (AvgIpc) is 3.25. The maximum Gasteiger partial charge on any atom is 0.408 e. The molecule has 0 radical (unpaired) electrons. The number of nitrogens with two attached hydrogens (primary N) is 1. The van der Waals surface area contributed by atoms with Crippen LogP contribution in [-0.4, -0.2) is 70.9 Å². The third kappa shape index (κ3) is 9.38. The van der Waals surface area contributed by atoms with Crippen LogP contribution in [0.25, 0.3) is 0 Å². The van der Waals surface area contributed by atoms with Gasteiger partial charge in [-0.1, -0.05) is 33.1 Å². The summed E-state index contributed by atoms with van der Waals surface area (Å²) in [5.74, 6) is -5.49. The molecule has 0 spiro atoms. The molecule has 2 rings (SSSR count). The van der Waals surface area contributed by atoms with Crippen LogP contribution in [0.5, 0.6) is 0 Å². The summed E-state index contributed by atoms with van der Waals surface area (Å²) < 4.78 is 44.8. The third-order valence-corrected chi connectivity index (χ3v) is 7.22. The number of hydrogen-bond donors (Lipinski definition) is 3. The zero-order chi connectivity index (χ0) is 29.7. The summed E-state index contributed by atoms with van der Waals surface area (Å²) in [5, 5.41) is 4.72. The van der Waals surface area contributed by atoms with Crippen molar-refractivity contribution in [1.29, 1.82) is 0 Å². The van der Waals surface area contributed by atoms with E-state index < -0.39 is 71.8 Å². The number of ketones is 1. The molecule has 4 N–H and O–H groups in total. The number of primary amides is 1. The van der Waals surface area contributed by atoms with Gasteiger partial charge in [-0.25, -0.2) is 4.79 Å². The maximum atomic E-state index is 13.9. The molecule has 39 heavy (non-hydrogen) atoms. The largest absolute Gasteiger partial charge is 0.444 e. The Morgan fingerprint density at radius 3 is 2.05 bits per heavy atom. The van der Waals surface area contributed by atoms with Gasteiger partial charge in [-0.05, 0) is 57.8 Å². The second-order valence-corrected chi connectivity index (χ2v) is 11.8. The van der Waals surface area contributed by atoms with Crippen LogP contribution in [0.15, 0.2) is 0 Å². The number of Topliss-reactive ketones (excluding diaryl/α,β-unsaturated/α-hetero) is 1. The van der Waals surface area contributed by atoms with Gasteiger partial charge in [0.25, 0.3) is 5.91 Å². The van der Waals surface area contributed by atoms with Crippen LogP contribution in [0, 0.1) is 17.8 Å². The molecule has 2 fully saturated rings. The van der Waals surface area contributed by atoms with Gasteiger partial charge in [0.2, 0.25) is 17.6 Å². The standard InChI is InChI=1S/C26H41F3N4O6/c1-14(2)16-11-12-33(19(16)22(36)31-17(13-26(27,28)29)20(34)21(30)35)23(37)18(15-9-7-6-8-10-15)32-24(38)39-25(3,4)5/h14-19H,6-13H2,1-5H3,(H2,30,35)(H,31,36)(H,32,38)/t16-,17?,18+,19+/m1/s1. The summed E-state index contributed by atoms with van der Waals surface area (Å²) in [6.07, 6.45) is -3.00. The highest BCUT2D eigenvalue weighted by molar-refractivity contribution is 6.37. The zero-order valence-electron chi connectivity index (χ0n) is 23.2. The van der Waals surface area contributed by atoms with Crippen molar-refractivity contribution >= 4 is 29.6 Å². The van der Waals surface area contributed by atoms with Crippen LogP contribution in [0.3, 0.4) is 0 Å². The zero-order valence-corrected chi connectivity index (χ0v) is 23.2. The van der Waals surface area contributed by atoms with E-state index in [9.17, 15) is 37.1 Å². The number of nitrogens with zero attached hydrogens (tertiary/aromatic N) is 1. The number of carbonyl (C=O) groups excluding carboxylic acids is 5. The Balaban J connectivity index is 2.38. The van der Waals surface area contributed by atoms with Crippen LogP contribution in [-0.2, 0) is 23.9 Å². The molecule has 1 unspecified atom stereocenters. The molecule has 10 nitrogen and oxygen atoms in total. The van der Waals surface area contributed by atoms with Crippen LogP contribution in [0.4, 0.5) is 18.0 Å². The monoisotopic (exact) mass is 562 g/mol. The minimum Gasteiger partial charge on any atom is -0.444 e. The highest BCUT2D eigenvalue weighted by Gasteiger charge is 2.48. The van der Waals surface area contributed by atoms with Gasteiger partial charge < -0.3 is 26.0 Å². The normalized spacial score (nSPS) is 22.2. The topological polar surface area (TPSA) is 148 Å². The molecule has 1 aliphatic heterocycles. The van der Waals surface area contributed by atoms with E-state index in [4.69, 9.17) is 10.5 Å². The SMILES string of the molecule is CC(C)[C@H]1CCN(C(=O)[C@@H](NC(=O)OC(C)(C)C)C2CCCCC2)[C@@H]1C(=O)NC(CC(F)(F)F)C(=O)C(N)=O. The van der Waals surface area contributed by atoms with E-state index in [-0.39, 0.29) is 18.4 Å². The number of amides is 4. The Morgan fingerprint density at radius 2 is 1.56 bits per heavy atom. The fourth-order valence-electron chi connectivity index (χ4n) is 5.43. The summed E-state index contributed by atoms with van der Waals surface area (Å²) >= 11 is 0. The molecule has 0 aromatic carbocycles. The first-order valence-electron chi connectivity index (χ1n) is 13.4. The molecule has 0 aromatic heterocycles. The lowest BCUT2D eigenvalue weighted by Gasteiger charge is -2.36. The van der Waals surface area contributed by atoms with Gasteiger partial charge in [-0.2, -0.15) is 13.2 Å². The van der Waals surface area contributed by atoms with Gasteiger partial charge in [0.05, 0.1) is 6.42 Å². The summed E-state index contributed by atoms with van der Waals surface area (Å²) in [5.41, 5.74) is 4.11. The Bertz CT molecular complexity index is 928. The van der Waals surface area contributed by atoms with Crippen molar-refractivity contribution in [2.75, 3.05) is 6.54 Å². The average molecular weight is 563 g/mol. The Labute approximate surface area is 226 Å². The number of rotatable bonds is 9. The number of ether oxygens (including phenoxy) is 1. The Morgan fingerprint density at radius 1 is 0.974 bits per heavy atom. The minimum atomic E-state index is -4.87. The predicted molar refractivity (Wildman–Crippen MR) is 135 cm³/mol. The van der Waals surface area contributed by atoms with Crippen molar-refractivity contribution in [3.63, 3.8) is 0 Å². The number of likely N-dealkylation sites (tertiary alicyclic amines) is 1. The molecule has 1 saturated heterocycles. The summed E-state index contributed by atoms with van der Waals surface area (Å²) in [4.78, 5) is 64.8. The molecule has 1 heterocycles. The fraction of sp³-hybridized carbons (Fsp3) is 0.808. The van der Waals surface area contributed by atoms with E-state index >= 15 is 0 Å². The van der Waals surface area contributed by atoms with Crippen LogP contribution >= 0.6 is 0 Å². The molecule has 13 heteroatoms. The second-order valence-electron chi connectivity index (χ2n) is 11.8. The summed E-state index contributed by atoms with van der Waals surface area (Å²) in [7, 11) is 0. The Hall–Kier alpha value is -2.86. The summed E-state index contributed by atoms with van der Waals surface area (Å²) in [6.45, 7) is 8.82. The lowest BCUT2D eigenvalue weighted by Crippen LogP contribution is -2.59.